The molecule has 1 saturated carbocycles. The molecule has 1 unspecified atom stereocenters. The monoisotopic (exact) mass is 360 g/mol. The van der Waals surface area contributed by atoms with Gasteiger partial charge in [-0.2, -0.15) is 0 Å². The summed E-state index contributed by atoms with van der Waals surface area (Å²) in [6.07, 6.45) is 4.65. The van der Waals surface area contributed by atoms with Crippen molar-refractivity contribution >= 4 is 17.5 Å². The number of hydrogen-bond donors (Lipinski definition) is 1. The van der Waals surface area contributed by atoms with E-state index in [2.05, 4.69) is 5.32 Å². The quantitative estimate of drug-likeness (QED) is 0.902. The summed E-state index contributed by atoms with van der Waals surface area (Å²) in [5.41, 5.74) is 0.379. The Morgan fingerprint density at radius 1 is 1.15 bits per heavy atom. The smallest absolute Gasteiger partial charge is 0.229 e. The zero-order chi connectivity index (χ0) is 18.1. The largest absolute Gasteiger partial charge is 0.381 e. The van der Waals surface area contributed by atoms with E-state index in [4.69, 9.17) is 4.74 Å². The molecular weight excluding hydrogens is 335 g/mol. The van der Waals surface area contributed by atoms with Gasteiger partial charge in [0.1, 0.15) is 5.82 Å². The number of hydrogen-bond acceptors (Lipinski definition) is 3. The van der Waals surface area contributed by atoms with Gasteiger partial charge in [-0.25, -0.2) is 4.39 Å². The molecule has 1 aromatic rings. The second-order valence-electron chi connectivity index (χ2n) is 7.87. The van der Waals surface area contributed by atoms with E-state index >= 15 is 0 Å². The van der Waals surface area contributed by atoms with E-state index in [0.29, 0.717) is 32.0 Å². The second-order valence-corrected chi connectivity index (χ2v) is 7.87. The molecule has 0 radical (unpaired) electrons. The molecule has 0 bridgehead atoms. The zero-order valence-corrected chi connectivity index (χ0v) is 14.9. The number of carbonyl (C=O) groups is 2. The number of likely N-dealkylation sites (tertiary alicyclic amines) is 1. The number of rotatable bonds is 3. The summed E-state index contributed by atoms with van der Waals surface area (Å²) in [6.45, 7) is 2.38. The van der Waals surface area contributed by atoms with Crippen LogP contribution in [0.2, 0.25) is 0 Å². The van der Waals surface area contributed by atoms with E-state index in [9.17, 15) is 14.0 Å². The molecule has 2 heterocycles. The number of amides is 2. The summed E-state index contributed by atoms with van der Waals surface area (Å²) in [7, 11) is 0. The van der Waals surface area contributed by atoms with E-state index in [1.165, 1.54) is 12.1 Å². The van der Waals surface area contributed by atoms with Crippen molar-refractivity contribution in [3.05, 3.63) is 30.1 Å². The number of nitrogens with zero attached hydrogens (tertiary/aromatic N) is 1. The van der Waals surface area contributed by atoms with Crippen molar-refractivity contribution in [2.75, 3.05) is 31.6 Å². The fourth-order valence-electron chi connectivity index (χ4n) is 4.46. The minimum atomic E-state index is -0.331. The number of ether oxygens (including phenoxy) is 1. The van der Waals surface area contributed by atoms with Gasteiger partial charge in [-0.05, 0) is 49.9 Å². The zero-order valence-electron chi connectivity index (χ0n) is 14.9. The van der Waals surface area contributed by atoms with Gasteiger partial charge in [0.25, 0.3) is 0 Å². The Bertz CT molecular complexity index is 681. The number of nitrogens with one attached hydrogen (secondary N) is 1. The van der Waals surface area contributed by atoms with Gasteiger partial charge in [-0.1, -0.05) is 6.42 Å². The molecule has 0 aromatic heterocycles. The van der Waals surface area contributed by atoms with Crippen molar-refractivity contribution in [1.29, 1.82) is 0 Å². The lowest BCUT2D eigenvalue weighted by atomic mass is 9.71. The minimum Gasteiger partial charge on any atom is -0.381 e. The van der Waals surface area contributed by atoms with Gasteiger partial charge in [0, 0.05) is 43.3 Å². The van der Waals surface area contributed by atoms with Gasteiger partial charge in [0.05, 0.1) is 5.92 Å². The third kappa shape index (κ3) is 3.22. The molecule has 1 spiro atoms. The highest BCUT2D eigenvalue weighted by Gasteiger charge is 2.52. The topological polar surface area (TPSA) is 58.6 Å². The molecule has 1 N–H and O–H groups in total. The molecule has 5 nitrogen and oxygen atoms in total. The van der Waals surface area contributed by atoms with E-state index < -0.39 is 0 Å². The van der Waals surface area contributed by atoms with Crippen molar-refractivity contribution in [3.8, 4) is 0 Å². The predicted molar refractivity (Wildman–Crippen MR) is 94.9 cm³/mol. The summed E-state index contributed by atoms with van der Waals surface area (Å²) in [6, 6.07) is 5.80. The van der Waals surface area contributed by atoms with Crippen LogP contribution in [0.15, 0.2) is 24.3 Å². The number of halogens is 1. The van der Waals surface area contributed by atoms with Gasteiger partial charge in [-0.15, -0.1) is 0 Å². The first-order chi connectivity index (χ1) is 12.6. The standard InChI is InChI=1S/C20H25FN2O3/c21-15-4-6-16(7-5-15)22-18(24)17-12-23(19(25)14-2-1-3-14)13-20(17)8-10-26-11-9-20/h4-7,14,17H,1-3,8-13H2,(H,22,24). The summed E-state index contributed by atoms with van der Waals surface area (Å²) in [5.74, 6) is -0.310. The average Bonchev–Trinajstić information content (AvgIpc) is 2.95. The maximum absolute atomic E-state index is 13.1. The van der Waals surface area contributed by atoms with Gasteiger partial charge in [0.2, 0.25) is 11.8 Å². The predicted octanol–water partition coefficient (Wildman–Crippen LogP) is 2.82. The molecule has 6 heteroatoms. The first kappa shape index (κ1) is 17.5. The molecule has 2 amide bonds. The Kier molecular flexibility index (Phi) is 4.69. The van der Waals surface area contributed by atoms with E-state index in [0.717, 1.165) is 32.1 Å². The minimum absolute atomic E-state index is 0.0811. The number of anilines is 1. The van der Waals surface area contributed by atoms with Gasteiger partial charge >= 0.3 is 0 Å². The Labute approximate surface area is 152 Å². The summed E-state index contributed by atoms with van der Waals surface area (Å²) in [5, 5.41) is 2.91. The van der Waals surface area contributed by atoms with E-state index in [1.54, 1.807) is 12.1 Å². The van der Waals surface area contributed by atoms with Crippen LogP contribution in [0.3, 0.4) is 0 Å². The van der Waals surface area contributed by atoms with Gasteiger partial charge in [-0.3, -0.25) is 9.59 Å². The van der Waals surface area contributed by atoms with Crippen LogP contribution < -0.4 is 5.32 Å². The summed E-state index contributed by atoms with van der Waals surface area (Å²) >= 11 is 0. The second kappa shape index (κ2) is 6.99. The number of carbonyl (C=O) groups excluding carboxylic acids is 2. The lowest BCUT2D eigenvalue weighted by Gasteiger charge is -2.37. The van der Waals surface area contributed by atoms with Crippen LogP contribution >= 0.6 is 0 Å². The molecule has 140 valence electrons. The lowest BCUT2D eigenvalue weighted by molar-refractivity contribution is -0.137. The molecule has 2 saturated heterocycles. The Morgan fingerprint density at radius 3 is 2.46 bits per heavy atom. The maximum Gasteiger partial charge on any atom is 0.229 e. The molecule has 1 aromatic carbocycles. The lowest BCUT2D eigenvalue weighted by Crippen LogP contribution is -2.42. The molecule has 3 aliphatic rings. The van der Waals surface area contributed by atoms with Crippen LogP contribution in [0.1, 0.15) is 32.1 Å². The van der Waals surface area contributed by atoms with Crippen molar-refractivity contribution < 1.29 is 18.7 Å². The fourth-order valence-corrected chi connectivity index (χ4v) is 4.46. The van der Waals surface area contributed by atoms with Crippen LogP contribution in [-0.2, 0) is 14.3 Å². The van der Waals surface area contributed by atoms with Crippen molar-refractivity contribution in [2.45, 2.75) is 32.1 Å². The van der Waals surface area contributed by atoms with Gasteiger partial charge in [0.15, 0.2) is 0 Å². The maximum atomic E-state index is 13.1. The highest BCUT2D eigenvalue weighted by atomic mass is 19.1. The fraction of sp³-hybridized carbons (Fsp3) is 0.600. The summed E-state index contributed by atoms with van der Waals surface area (Å²) in [4.78, 5) is 27.7. The van der Waals surface area contributed by atoms with E-state index in [1.807, 2.05) is 4.90 Å². The highest BCUT2D eigenvalue weighted by molar-refractivity contribution is 5.94. The molecule has 3 fully saturated rings. The van der Waals surface area contributed by atoms with Crippen molar-refractivity contribution in [3.63, 3.8) is 0 Å². The Morgan fingerprint density at radius 2 is 1.85 bits per heavy atom. The van der Waals surface area contributed by atoms with Crippen LogP contribution in [0.25, 0.3) is 0 Å². The van der Waals surface area contributed by atoms with E-state index in [-0.39, 0.29) is 34.9 Å². The normalized spacial score (nSPS) is 25.1. The summed E-state index contributed by atoms with van der Waals surface area (Å²) < 4.78 is 18.6. The molecule has 1 aliphatic carbocycles. The number of benzene rings is 1. The van der Waals surface area contributed by atoms with Crippen LogP contribution in [0.5, 0.6) is 0 Å². The van der Waals surface area contributed by atoms with Crippen LogP contribution in [0, 0.1) is 23.1 Å². The highest BCUT2D eigenvalue weighted by Crippen LogP contribution is 2.46. The Balaban J connectivity index is 1.51. The van der Waals surface area contributed by atoms with Crippen molar-refractivity contribution in [1.82, 2.24) is 4.90 Å². The third-order valence-corrected chi connectivity index (χ3v) is 6.33. The third-order valence-electron chi connectivity index (χ3n) is 6.33. The average molecular weight is 360 g/mol. The van der Waals surface area contributed by atoms with Gasteiger partial charge < -0.3 is 15.0 Å². The molecule has 4 rings (SSSR count). The van der Waals surface area contributed by atoms with Crippen LogP contribution in [0.4, 0.5) is 10.1 Å². The first-order valence-electron chi connectivity index (χ1n) is 9.50. The van der Waals surface area contributed by atoms with Crippen LogP contribution in [-0.4, -0.2) is 43.0 Å². The molecule has 2 aliphatic heterocycles. The molecular formula is C20H25FN2O3. The molecule has 26 heavy (non-hydrogen) atoms. The SMILES string of the molecule is O=C(Nc1ccc(F)cc1)C1CN(C(=O)C2CCC2)CC12CCOCC2. The van der Waals surface area contributed by atoms with Crippen molar-refractivity contribution in [2.24, 2.45) is 17.3 Å². The first-order valence-corrected chi connectivity index (χ1v) is 9.50. The Hall–Kier alpha value is -1.95. The molecule has 1 atom stereocenters.